The number of piperidine rings is 2. The summed E-state index contributed by atoms with van der Waals surface area (Å²) in [7, 11) is 0. The number of benzene rings is 1. The Morgan fingerprint density at radius 3 is 2.54 bits per heavy atom. The van der Waals surface area contributed by atoms with Gasteiger partial charge >= 0.3 is 5.92 Å². The van der Waals surface area contributed by atoms with Gasteiger partial charge in [-0.1, -0.05) is 23.7 Å². The summed E-state index contributed by atoms with van der Waals surface area (Å²) in [5.41, 5.74) is -0.768. The molecule has 4 aliphatic rings. The molecule has 1 aliphatic carbocycles. The smallest absolute Gasteiger partial charge is 0.350 e. The molecule has 0 spiro atoms. The Morgan fingerprint density at radius 2 is 1.95 bits per heavy atom. The van der Waals surface area contributed by atoms with E-state index in [1.54, 1.807) is 0 Å². The molecule has 0 aromatic heterocycles. The zero-order valence-electron chi connectivity index (χ0n) is 19.5. The molecule has 37 heavy (non-hydrogen) atoms. The van der Waals surface area contributed by atoms with Gasteiger partial charge in [-0.2, -0.15) is 8.78 Å². The summed E-state index contributed by atoms with van der Waals surface area (Å²) in [5.74, 6) is -14.7. The lowest BCUT2D eigenvalue weighted by molar-refractivity contribution is -0.207. The fourth-order valence-corrected chi connectivity index (χ4v) is 5.73. The van der Waals surface area contributed by atoms with Crippen LogP contribution < -0.4 is 10.6 Å². The molecule has 0 unspecified atom stereocenters. The number of hydrogen-bond donors (Lipinski definition) is 2. The van der Waals surface area contributed by atoms with Gasteiger partial charge in [0.25, 0.3) is 11.8 Å². The van der Waals surface area contributed by atoms with Crippen molar-refractivity contribution in [3.8, 4) is 0 Å². The van der Waals surface area contributed by atoms with E-state index in [4.69, 9.17) is 11.6 Å². The minimum Gasteiger partial charge on any atom is -0.356 e. The van der Waals surface area contributed by atoms with Crippen LogP contribution in [0.4, 0.5) is 22.0 Å². The first-order valence-corrected chi connectivity index (χ1v) is 12.3. The second-order valence-corrected chi connectivity index (χ2v) is 10.2. The maximum absolute atomic E-state index is 15.3. The number of carbonyl (C=O) groups is 4. The van der Waals surface area contributed by atoms with Gasteiger partial charge in [0.1, 0.15) is 12.7 Å². The number of rotatable bonds is 8. The number of hydrogen-bond acceptors (Lipinski definition) is 4. The largest absolute Gasteiger partial charge is 0.356 e. The van der Waals surface area contributed by atoms with E-state index in [0.717, 1.165) is 12.1 Å². The average molecular weight is 550 g/mol. The highest BCUT2D eigenvalue weighted by Gasteiger charge is 2.63. The highest BCUT2D eigenvalue weighted by atomic mass is 35.5. The van der Waals surface area contributed by atoms with Crippen LogP contribution in [0, 0.1) is 11.8 Å². The number of Topliss-reactive ketones (excluding diaryl/α,β-unsaturated/α-hetero) is 1. The van der Waals surface area contributed by atoms with Crippen LogP contribution in [0.5, 0.6) is 0 Å². The standard InChI is InChI=1S/C24H25ClF5N3O4/c25-14-3-1-2-13(9-14)24(29,30)22(37)33-15-4-5-16(23(27,28)10-15)19(33)21(36)32-17(18(34)11-26)8-12-6-7-31-20(12)35/h1-3,9,12,15-17,19H,4-8,10-11H2,(H,31,35)(H,32,36)/t12-,15+,16+,17-,19+/m0/s1. The molecule has 0 radical (unpaired) electrons. The molecule has 3 amide bonds. The van der Waals surface area contributed by atoms with Crippen LogP contribution >= 0.6 is 11.6 Å². The van der Waals surface area contributed by atoms with Crippen LogP contribution in [-0.2, 0) is 25.1 Å². The van der Waals surface area contributed by atoms with Crippen molar-refractivity contribution in [3.63, 3.8) is 0 Å². The summed E-state index contributed by atoms with van der Waals surface area (Å²) in [6.07, 6.45) is -1.10. The Morgan fingerprint density at radius 1 is 1.22 bits per heavy atom. The molecule has 3 heterocycles. The van der Waals surface area contributed by atoms with Gasteiger partial charge in [0.2, 0.25) is 11.8 Å². The molecular weight excluding hydrogens is 525 g/mol. The number of nitrogens with zero attached hydrogens (tertiary/aromatic N) is 1. The van der Waals surface area contributed by atoms with E-state index in [9.17, 15) is 32.3 Å². The molecule has 4 fully saturated rings. The van der Waals surface area contributed by atoms with E-state index in [1.807, 2.05) is 0 Å². The molecule has 5 atom stereocenters. The highest BCUT2D eigenvalue weighted by molar-refractivity contribution is 6.30. The number of ketones is 1. The number of carbonyl (C=O) groups excluding carboxylic acids is 4. The van der Waals surface area contributed by atoms with Crippen LogP contribution in [0.3, 0.4) is 0 Å². The van der Waals surface area contributed by atoms with Crippen LogP contribution in [0.25, 0.3) is 0 Å². The topological polar surface area (TPSA) is 95.6 Å². The van der Waals surface area contributed by atoms with Crippen molar-refractivity contribution in [2.24, 2.45) is 11.8 Å². The fourth-order valence-electron chi connectivity index (χ4n) is 5.54. The van der Waals surface area contributed by atoms with Crippen molar-refractivity contribution in [2.45, 2.75) is 62.1 Å². The van der Waals surface area contributed by atoms with Crippen LogP contribution in [0.2, 0.25) is 5.02 Å². The summed E-state index contributed by atoms with van der Waals surface area (Å²) < 4.78 is 73.6. The van der Waals surface area contributed by atoms with Gasteiger partial charge < -0.3 is 15.5 Å². The average Bonchev–Trinajstić information content (AvgIpc) is 3.25. The first-order valence-electron chi connectivity index (χ1n) is 11.9. The van der Waals surface area contributed by atoms with Crippen LogP contribution in [0.1, 0.15) is 37.7 Å². The molecule has 1 aromatic carbocycles. The van der Waals surface area contributed by atoms with E-state index in [0.29, 0.717) is 17.9 Å². The van der Waals surface area contributed by atoms with Crippen molar-refractivity contribution in [1.82, 2.24) is 15.5 Å². The van der Waals surface area contributed by atoms with Crippen LogP contribution in [-0.4, -0.2) is 65.7 Å². The third-order valence-corrected chi connectivity index (χ3v) is 7.65. The lowest BCUT2D eigenvalue weighted by atomic mass is 9.71. The quantitative estimate of drug-likeness (QED) is 0.488. The van der Waals surface area contributed by atoms with Crippen molar-refractivity contribution in [3.05, 3.63) is 34.9 Å². The van der Waals surface area contributed by atoms with Crippen LogP contribution in [0.15, 0.2) is 24.3 Å². The summed E-state index contributed by atoms with van der Waals surface area (Å²) in [4.78, 5) is 51.1. The predicted molar refractivity (Wildman–Crippen MR) is 121 cm³/mol. The minimum atomic E-state index is -4.19. The van der Waals surface area contributed by atoms with Gasteiger partial charge in [0.15, 0.2) is 5.78 Å². The van der Waals surface area contributed by atoms with Gasteiger partial charge in [-0.3, -0.25) is 19.2 Å². The Bertz CT molecular complexity index is 1100. The Kier molecular flexibility index (Phi) is 7.51. The second-order valence-electron chi connectivity index (χ2n) is 9.72. The van der Waals surface area contributed by atoms with Crippen molar-refractivity contribution < 1.29 is 41.1 Å². The molecule has 13 heteroatoms. The van der Waals surface area contributed by atoms with E-state index < -0.39 is 84.0 Å². The molecule has 1 aromatic rings. The van der Waals surface area contributed by atoms with E-state index in [-0.39, 0.29) is 24.3 Å². The predicted octanol–water partition coefficient (Wildman–Crippen LogP) is 3.00. The van der Waals surface area contributed by atoms with Crippen molar-refractivity contribution >= 4 is 35.1 Å². The lowest BCUT2D eigenvalue weighted by Crippen LogP contribution is -2.70. The van der Waals surface area contributed by atoms with Gasteiger partial charge in [-0.15, -0.1) is 0 Å². The fraction of sp³-hybridized carbons (Fsp3) is 0.583. The summed E-state index contributed by atoms with van der Waals surface area (Å²) in [6.45, 7) is -1.19. The SMILES string of the molecule is O=C1NCC[C@H]1C[C@H](NC(=O)[C@H]1[C@H]2CC[C@H](CC2(F)F)N1C(=O)C(F)(F)c1cccc(Cl)c1)C(=O)CF. The Labute approximate surface area is 214 Å². The van der Waals surface area contributed by atoms with Gasteiger partial charge in [-0.05, 0) is 37.8 Å². The number of alkyl halides is 5. The lowest BCUT2D eigenvalue weighted by Gasteiger charge is -2.54. The van der Waals surface area contributed by atoms with E-state index in [2.05, 4.69) is 10.6 Å². The molecule has 3 aliphatic heterocycles. The van der Waals surface area contributed by atoms with Gasteiger partial charge in [-0.25, -0.2) is 13.2 Å². The number of nitrogens with one attached hydrogen (secondary N) is 2. The second kappa shape index (κ2) is 10.2. The molecule has 3 saturated heterocycles. The first kappa shape index (κ1) is 27.3. The maximum atomic E-state index is 15.3. The first-order chi connectivity index (χ1) is 17.4. The number of amides is 3. The molecule has 2 N–H and O–H groups in total. The summed E-state index contributed by atoms with van der Waals surface area (Å²) >= 11 is 5.79. The Balaban J connectivity index is 1.64. The zero-order valence-corrected chi connectivity index (χ0v) is 20.2. The number of fused-ring (bicyclic) bond motifs is 3. The molecular formula is C24H25ClF5N3O4. The zero-order chi connectivity index (χ0) is 27.1. The third kappa shape index (κ3) is 5.17. The molecule has 7 nitrogen and oxygen atoms in total. The van der Waals surface area contributed by atoms with Crippen molar-refractivity contribution in [2.75, 3.05) is 13.2 Å². The summed E-state index contributed by atoms with van der Waals surface area (Å²) in [6, 6.07) is -0.585. The molecule has 5 rings (SSSR count). The minimum absolute atomic E-state index is 0.0174. The van der Waals surface area contributed by atoms with Gasteiger partial charge in [0, 0.05) is 35.5 Å². The maximum Gasteiger partial charge on any atom is 0.350 e. The Hall–Kier alpha value is -2.76. The monoisotopic (exact) mass is 549 g/mol. The normalized spacial score (nSPS) is 27.5. The molecule has 202 valence electrons. The van der Waals surface area contributed by atoms with E-state index >= 15 is 8.78 Å². The van der Waals surface area contributed by atoms with E-state index in [1.165, 1.54) is 12.1 Å². The number of halogens is 6. The van der Waals surface area contributed by atoms with Gasteiger partial charge in [0.05, 0.1) is 12.0 Å². The summed E-state index contributed by atoms with van der Waals surface area (Å²) in [5, 5.41) is 4.65. The highest BCUT2D eigenvalue weighted by Crippen LogP contribution is 2.50. The molecule has 2 bridgehead atoms. The third-order valence-electron chi connectivity index (χ3n) is 7.41. The van der Waals surface area contributed by atoms with Crippen molar-refractivity contribution in [1.29, 1.82) is 0 Å². The molecule has 1 saturated carbocycles.